The van der Waals surface area contributed by atoms with E-state index in [1.807, 2.05) is 48.5 Å². The number of ether oxygens (including phenoxy) is 1. The van der Waals surface area contributed by atoms with E-state index in [1.54, 1.807) is 38.1 Å². The smallest absolute Gasteiger partial charge is 0.318 e. The monoisotopic (exact) mass is 419 g/mol. The number of hydrogen-bond donors (Lipinski definition) is 2. The highest BCUT2D eigenvalue weighted by molar-refractivity contribution is 5.97. The summed E-state index contributed by atoms with van der Waals surface area (Å²) < 4.78 is 7.68. The van der Waals surface area contributed by atoms with Gasteiger partial charge in [0.1, 0.15) is 12.9 Å². The van der Waals surface area contributed by atoms with Crippen LogP contribution in [0.25, 0.3) is 11.3 Å². The minimum Gasteiger partial charge on any atom is -0.438 e. The van der Waals surface area contributed by atoms with Gasteiger partial charge in [-0.1, -0.05) is 38.1 Å². The van der Waals surface area contributed by atoms with Gasteiger partial charge in [0.2, 0.25) is 24.2 Å². The molecule has 2 aromatic heterocycles. The van der Waals surface area contributed by atoms with Gasteiger partial charge in [-0.05, 0) is 12.1 Å². The maximum atomic E-state index is 12.9. The van der Waals surface area contributed by atoms with Gasteiger partial charge in [0.25, 0.3) is 0 Å². The molecule has 0 radical (unpaired) electrons. The number of imide groups is 1. The van der Waals surface area contributed by atoms with E-state index >= 15 is 0 Å². The van der Waals surface area contributed by atoms with Crippen LogP contribution in [0.4, 0.5) is 4.79 Å². The van der Waals surface area contributed by atoms with Crippen LogP contribution < -0.4 is 25.4 Å². The van der Waals surface area contributed by atoms with E-state index in [9.17, 15) is 9.59 Å². The van der Waals surface area contributed by atoms with Crippen molar-refractivity contribution in [2.45, 2.75) is 19.8 Å². The van der Waals surface area contributed by atoms with Crippen LogP contribution >= 0.6 is 0 Å². The Morgan fingerprint density at radius 2 is 1.81 bits per heavy atom. The molecule has 158 valence electrons. The topological polar surface area (TPSA) is 107 Å². The second-order valence-electron chi connectivity index (χ2n) is 7.83. The van der Waals surface area contributed by atoms with Gasteiger partial charge in [-0.3, -0.25) is 14.9 Å². The molecule has 8 nitrogen and oxygen atoms in total. The van der Waals surface area contributed by atoms with Crippen molar-refractivity contribution in [2.75, 3.05) is 7.11 Å². The molecule has 1 atom stereocenters. The first kappa shape index (κ1) is 20.3. The molecular weight excluding hydrogens is 396 g/mol. The molecule has 1 aliphatic heterocycles. The van der Waals surface area contributed by atoms with E-state index in [0.29, 0.717) is 11.6 Å². The fourth-order valence-corrected chi connectivity index (χ4v) is 3.88. The van der Waals surface area contributed by atoms with Gasteiger partial charge in [-0.25, -0.2) is 9.78 Å². The minimum absolute atomic E-state index is 0.389. The van der Waals surface area contributed by atoms with Crippen LogP contribution in [-0.4, -0.2) is 24.0 Å². The Labute approximate surface area is 179 Å². The second-order valence-corrected chi connectivity index (χ2v) is 7.83. The summed E-state index contributed by atoms with van der Waals surface area (Å²) in [6.45, 7) is 3.55. The van der Waals surface area contributed by atoms with E-state index in [-0.39, 0.29) is 5.92 Å². The summed E-state index contributed by atoms with van der Waals surface area (Å²) in [6.07, 6.45) is 3.57. The normalized spacial score (nSPS) is 14.6. The van der Waals surface area contributed by atoms with Gasteiger partial charge < -0.3 is 10.5 Å². The fraction of sp³-hybridized carbons (Fsp3) is 0.217. The average molecular weight is 419 g/mol. The maximum absolute atomic E-state index is 12.9. The molecule has 3 N–H and O–H groups in total. The lowest BCUT2D eigenvalue weighted by Crippen LogP contribution is -2.46. The Kier molecular flexibility index (Phi) is 5.06. The first-order valence-corrected chi connectivity index (χ1v) is 9.76. The molecule has 1 unspecified atom stereocenters. The summed E-state index contributed by atoms with van der Waals surface area (Å²) in [4.78, 5) is 34.0. The third-order valence-electron chi connectivity index (χ3n) is 5.49. The molecule has 8 heteroatoms. The number of pyridine rings is 2. The summed E-state index contributed by atoms with van der Waals surface area (Å²) in [5.74, 6) is 0.184. The van der Waals surface area contributed by atoms with Crippen LogP contribution in [0.3, 0.4) is 0 Å². The number of amides is 3. The van der Waals surface area contributed by atoms with Crippen LogP contribution in [-0.2, 0) is 4.79 Å². The maximum Gasteiger partial charge on any atom is 0.318 e. The zero-order valence-electron chi connectivity index (χ0n) is 17.5. The first-order chi connectivity index (χ1) is 14.8. The first-order valence-electron chi connectivity index (χ1n) is 9.76. The average Bonchev–Trinajstić information content (AvgIpc) is 2.76. The van der Waals surface area contributed by atoms with Gasteiger partial charge in [0.15, 0.2) is 0 Å². The number of primary amides is 1. The highest BCUT2D eigenvalue weighted by Crippen LogP contribution is 2.51. The summed E-state index contributed by atoms with van der Waals surface area (Å²) in [5, 5.41) is 2.21. The van der Waals surface area contributed by atoms with Crippen molar-refractivity contribution in [2.24, 2.45) is 11.1 Å². The number of aromatic nitrogens is 2. The summed E-state index contributed by atoms with van der Waals surface area (Å²) >= 11 is 0. The fourth-order valence-electron chi connectivity index (χ4n) is 3.88. The van der Waals surface area contributed by atoms with Crippen molar-refractivity contribution in [3.05, 3.63) is 72.1 Å². The number of carbonyl (C=O) groups excluding carboxylic acids is 2. The number of para-hydroxylation sites is 1. The lowest BCUT2D eigenvalue weighted by Gasteiger charge is -2.37. The largest absolute Gasteiger partial charge is 0.438 e. The van der Waals surface area contributed by atoms with Crippen molar-refractivity contribution in [3.63, 3.8) is 0 Å². The number of carbonyl (C=O) groups is 2. The molecule has 0 fully saturated rings. The molecular formula is C23H23N4O4+. The molecule has 0 bridgehead atoms. The van der Waals surface area contributed by atoms with Crippen LogP contribution in [0.1, 0.15) is 30.9 Å². The highest BCUT2D eigenvalue weighted by Gasteiger charge is 2.44. The van der Waals surface area contributed by atoms with Crippen LogP contribution in [0.2, 0.25) is 0 Å². The summed E-state index contributed by atoms with van der Waals surface area (Å²) in [6, 6.07) is 14.2. The molecule has 4 rings (SSSR count). The van der Waals surface area contributed by atoms with Gasteiger partial charge in [-0.15, -0.1) is 0 Å². The number of hydrogen-bond acceptors (Lipinski definition) is 5. The number of rotatable bonds is 4. The van der Waals surface area contributed by atoms with E-state index in [4.69, 9.17) is 20.3 Å². The Hall–Kier alpha value is -3.94. The molecule has 0 aliphatic carbocycles. The Balaban J connectivity index is 1.81. The predicted molar refractivity (Wildman–Crippen MR) is 112 cm³/mol. The van der Waals surface area contributed by atoms with Gasteiger partial charge in [0.05, 0.1) is 11.1 Å². The molecule has 31 heavy (non-hydrogen) atoms. The number of nitrogens with one attached hydrogen (secondary N) is 1. The van der Waals surface area contributed by atoms with Crippen molar-refractivity contribution >= 4 is 11.9 Å². The Morgan fingerprint density at radius 1 is 1.10 bits per heavy atom. The van der Waals surface area contributed by atoms with E-state index in [1.165, 1.54) is 0 Å². The van der Waals surface area contributed by atoms with Crippen LogP contribution in [0.15, 0.2) is 60.9 Å². The third kappa shape index (κ3) is 3.68. The molecule has 0 spiro atoms. The summed E-state index contributed by atoms with van der Waals surface area (Å²) in [5.41, 5.74) is 7.41. The zero-order valence-corrected chi connectivity index (χ0v) is 17.5. The quantitative estimate of drug-likeness (QED) is 0.632. The van der Waals surface area contributed by atoms with Crippen molar-refractivity contribution in [3.8, 4) is 22.9 Å². The van der Waals surface area contributed by atoms with E-state index in [0.717, 1.165) is 22.4 Å². The third-order valence-corrected chi connectivity index (χ3v) is 5.49. The lowest BCUT2D eigenvalue weighted by atomic mass is 9.69. The number of fused-ring (bicyclic) bond motifs is 2. The SMILES string of the molecule is CO[n+]1ccc(-c2ccc3c(n2)Oc2ccccc2C3C(C)(C)C(=O)NC(N)=O)cc1. The molecule has 1 aliphatic rings. The van der Waals surface area contributed by atoms with Crippen LogP contribution in [0.5, 0.6) is 11.6 Å². The van der Waals surface area contributed by atoms with Gasteiger partial charge >= 0.3 is 6.03 Å². The molecule has 3 aromatic rings. The zero-order chi connectivity index (χ0) is 22.2. The predicted octanol–water partition coefficient (Wildman–Crippen LogP) is 2.55. The number of nitrogens with two attached hydrogens (primary N) is 1. The number of nitrogens with zero attached hydrogens (tertiary/aromatic N) is 2. The molecule has 3 heterocycles. The Morgan fingerprint density at radius 3 is 2.48 bits per heavy atom. The summed E-state index contributed by atoms with van der Waals surface area (Å²) in [7, 11) is 1.58. The highest BCUT2D eigenvalue weighted by atomic mass is 16.6. The number of urea groups is 1. The molecule has 1 aromatic carbocycles. The van der Waals surface area contributed by atoms with E-state index < -0.39 is 17.4 Å². The van der Waals surface area contributed by atoms with Crippen LogP contribution in [0, 0.1) is 5.41 Å². The van der Waals surface area contributed by atoms with E-state index in [2.05, 4.69) is 5.32 Å². The second kappa shape index (κ2) is 7.71. The van der Waals surface area contributed by atoms with Gasteiger partial charge in [0, 0.05) is 39.5 Å². The lowest BCUT2D eigenvalue weighted by molar-refractivity contribution is -0.885. The molecule has 3 amide bonds. The standard InChI is InChI=1S/C23H22N4O4/c1-23(2,21(28)26-22(24)29)19-15-6-4-5-7-18(15)31-20-16(19)8-9-17(25-20)14-10-12-27(30-3)13-11-14/h4-13,19H,1-3H3,(H2-,24,26,28,29)/p+1. The molecule has 0 saturated carbocycles. The van der Waals surface area contributed by atoms with Crippen molar-refractivity contribution < 1.29 is 23.9 Å². The number of benzene rings is 1. The minimum atomic E-state index is -0.996. The van der Waals surface area contributed by atoms with Gasteiger partial charge in [-0.2, -0.15) is 0 Å². The Bertz CT molecular complexity index is 1160. The van der Waals surface area contributed by atoms with Crippen molar-refractivity contribution in [1.29, 1.82) is 0 Å². The molecule has 0 saturated heterocycles. The van der Waals surface area contributed by atoms with Crippen molar-refractivity contribution in [1.82, 2.24) is 10.3 Å².